The van der Waals surface area contributed by atoms with Crippen LogP contribution in [-0.4, -0.2) is 27.8 Å². The largest absolute Gasteiger partial charge is 0.317 e. The molecule has 3 aromatic rings. The summed E-state index contributed by atoms with van der Waals surface area (Å²) < 4.78 is 2.02. The number of amides is 1. The number of aromatic nitrogens is 2. The number of para-hydroxylation sites is 2. The highest BCUT2D eigenvalue weighted by atomic mass is 16.2. The summed E-state index contributed by atoms with van der Waals surface area (Å²) >= 11 is 0. The fraction of sp³-hybridized carbons (Fsp3) is 0.348. The summed E-state index contributed by atoms with van der Waals surface area (Å²) in [6.45, 7) is 8.20. The van der Waals surface area contributed by atoms with E-state index in [1.807, 2.05) is 52.8 Å². The number of ketones is 1. The topological polar surface area (TPSA) is 55.2 Å². The molecule has 4 rings (SSSR count). The van der Waals surface area contributed by atoms with Crippen molar-refractivity contribution in [2.45, 2.75) is 46.1 Å². The zero-order chi connectivity index (χ0) is 20.0. The van der Waals surface area contributed by atoms with Crippen LogP contribution < -0.4 is 4.90 Å². The van der Waals surface area contributed by atoms with Crippen molar-refractivity contribution in [2.24, 2.45) is 0 Å². The Morgan fingerprint density at radius 3 is 2.64 bits per heavy atom. The van der Waals surface area contributed by atoms with Crippen LogP contribution in [0.15, 0.2) is 42.5 Å². The molecule has 0 aliphatic carbocycles. The number of fused-ring (bicyclic) bond motifs is 1. The Morgan fingerprint density at radius 1 is 1.14 bits per heavy atom. The lowest BCUT2D eigenvalue weighted by Gasteiger charge is -2.21. The Bertz CT molecular complexity index is 1080. The molecule has 1 saturated heterocycles. The first-order valence-corrected chi connectivity index (χ1v) is 9.72. The van der Waals surface area contributed by atoms with E-state index in [1.165, 1.54) is 5.56 Å². The number of carbonyl (C=O) groups excluding carboxylic acids is 2. The smallest absolute Gasteiger partial charge is 0.227 e. The van der Waals surface area contributed by atoms with Gasteiger partial charge in [-0.1, -0.05) is 24.3 Å². The molecule has 2 aromatic carbocycles. The Labute approximate surface area is 165 Å². The summed E-state index contributed by atoms with van der Waals surface area (Å²) in [7, 11) is 0. The number of nitrogens with zero attached hydrogens (tertiary/aromatic N) is 3. The van der Waals surface area contributed by atoms with Crippen LogP contribution in [0, 0.1) is 13.8 Å². The first kappa shape index (κ1) is 18.4. The maximum atomic E-state index is 12.9. The molecule has 0 radical (unpaired) electrons. The van der Waals surface area contributed by atoms with Gasteiger partial charge in [0, 0.05) is 24.6 Å². The van der Waals surface area contributed by atoms with E-state index in [1.54, 1.807) is 6.92 Å². The minimum Gasteiger partial charge on any atom is -0.317 e. The average molecular weight is 375 g/mol. The first-order valence-electron chi connectivity index (χ1n) is 9.72. The minimum absolute atomic E-state index is 0.0402. The second-order valence-corrected chi connectivity index (χ2v) is 7.74. The highest BCUT2D eigenvalue weighted by molar-refractivity contribution is 5.97. The molecule has 0 N–H and O–H groups in total. The highest BCUT2D eigenvalue weighted by Crippen LogP contribution is 2.36. The Hall–Kier alpha value is -2.95. The molecular weight excluding hydrogens is 350 g/mol. The normalized spacial score (nSPS) is 18.1. The highest BCUT2D eigenvalue weighted by Gasteiger charge is 2.36. The summed E-state index contributed by atoms with van der Waals surface area (Å²) in [5, 5.41) is 0. The SMILES string of the molecule is CC(=O)C(C)n1c(C2CC(=O)N(c3cccc(C)c3C)C2)nc2ccccc21. The lowest BCUT2D eigenvalue weighted by molar-refractivity contribution is -0.119. The van der Waals surface area contributed by atoms with E-state index >= 15 is 0 Å². The van der Waals surface area contributed by atoms with Crippen molar-refractivity contribution in [2.75, 3.05) is 11.4 Å². The van der Waals surface area contributed by atoms with E-state index in [-0.39, 0.29) is 23.7 Å². The summed E-state index contributed by atoms with van der Waals surface area (Å²) in [6, 6.07) is 13.6. The monoisotopic (exact) mass is 375 g/mol. The summed E-state index contributed by atoms with van der Waals surface area (Å²) in [6.07, 6.45) is 0.404. The number of aryl methyl sites for hydroxylation is 1. The lowest BCUT2D eigenvalue weighted by atomic mass is 10.1. The molecule has 0 spiro atoms. The number of anilines is 1. The van der Waals surface area contributed by atoms with E-state index in [4.69, 9.17) is 4.98 Å². The molecule has 5 heteroatoms. The van der Waals surface area contributed by atoms with E-state index in [0.29, 0.717) is 13.0 Å². The van der Waals surface area contributed by atoms with Gasteiger partial charge >= 0.3 is 0 Å². The van der Waals surface area contributed by atoms with Gasteiger partial charge in [0.2, 0.25) is 5.91 Å². The minimum atomic E-state index is -0.313. The van der Waals surface area contributed by atoms with Crippen molar-refractivity contribution in [3.63, 3.8) is 0 Å². The van der Waals surface area contributed by atoms with Gasteiger partial charge in [0.25, 0.3) is 0 Å². The number of imidazole rings is 1. The standard InChI is InChI=1S/C23H25N3O2/c1-14-8-7-11-20(15(14)2)25-13-18(12-22(25)28)23-24-19-9-5-6-10-21(19)26(23)16(3)17(4)27/h5-11,16,18H,12-13H2,1-4H3. The third-order valence-corrected chi connectivity index (χ3v) is 5.96. The fourth-order valence-corrected chi connectivity index (χ4v) is 4.08. The number of Topliss-reactive ketones (excluding diaryl/α,β-unsaturated/α-hetero) is 1. The van der Waals surface area contributed by atoms with Gasteiger partial charge in [-0.05, 0) is 57.0 Å². The van der Waals surface area contributed by atoms with Gasteiger partial charge in [-0.3, -0.25) is 9.59 Å². The predicted octanol–water partition coefficient (Wildman–Crippen LogP) is 4.32. The number of benzene rings is 2. The van der Waals surface area contributed by atoms with Crippen LogP contribution in [-0.2, 0) is 9.59 Å². The lowest BCUT2D eigenvalue weighted by Crippen LogP contribution is -2.26. The van der Waals surface area contributed by atoms with Gasteiger partial charge in [-0.25, -0.2) is 4.98 Å². The molecule has 1 amide bonds. The molecular formula is C23H25N3O2. The third-order valence-electron chi connectivity index (χ3n) is 5.96. The Balaban J connectivity index is 1.77. The van der Waals surface area contributed by atoms with Crippen molar-refractivity contribution in [1.29, 1.82) is 0 Å². The second kappa shape index (κ2) is 6.89. The molecule has 1 aliphatic rings. The van der Waals surface area contributed by atoms with Crippen LogP contribution in [0.2, 0.25) is 0 Å². The van der Waals surface area contributed by atoms with Crippen molar-refractivity contribution in [1.82, 2.24) is 9.55 Å². The second-order valence-electron chi connectivity index (χ2n) is 7.74. The van der Waals surface area contributed by atoms with E-state index < -0.39 is 0 Å². The van der Waals surface area contributed by atoms with Crippen LogP contribution in [0.1, 0.15) is 49.2 Å². The molecule has 5 nitrogen and oxygen atoms in total. The van der Waals surface area contributed by atoms with Crippen LogP contribution in [0.25, 0.3) is 11.0 Å². The van der Waals surface area contributed by atoms with Crippen LogP contribution in [0.3, 0.4) is 0 Å². The first-order chi connectivity index (χ1) is 13.4. The van der Waals surface area contributed by atoms with Gasteiger partial charge in [0.05, 0.1) is 17.1 Å². The average Bonchev–Trinajstić information content (AvgIpc) is 3.24. The number of hydrogen-bond acceptors (Lipinski definition) is 3. The van der Waals surface area contributed by atoms with Crippen molar-refractivity contribution in [3.05, 3.63) is 59.4 Å². The number of rotatable bonds is 4. The maximum absolute atomic E-state index is 12.9. The third kappa shape index (κ3) is 2.91. The predicted molar refractivity (Wildman–Crippen MR) is 111 cm³/mol. The molecule has 1 fully saturated rings. The van der Waals surface area contributed by atoms with Gasteiger partial charge in [-0.2, -0.15) is 0 Å². The van der Waals surface area contributed by atoms with E-state index in [2.05, 4.69) is 19.9 Å². The van der Waals surface area contributed by atoms with Crippen molar-refractivity contribution < 1.29 is 9.59 Å². The molecule has 0 saturated carbocycles. The van der Waals surface area contributed by atoms with Gasteiger partial charge in [0.1, 0.15) is 5.82 Å². The molecule has 28 heavy (non-hydrogen) atoms. The van der Waals surface area contributed by atoms with Crippen LogP contribution in [0.5, 0.6) is 0 Å². The quantitative estimate of drug-likeness (QED) is 0.682. The molecule has 0 bridgehead atoms. The molecule has 1 aromatic heterocycles. The number of hydrogen-bond donors (Lipinski definition) is 0. The Morgan fingerprint density at radius 2 is 1.89 bits per heavy atom. The Kier molecular flexibility index (Phi) is 4.53. The molecule has 2 unspecified atom stereocenters. The van der Waals surface area contributed by atoms with Crippen molar-refractivity contribution >= 4 is 28.4 Å². The van der Waals surface area contributed by atoms with Crippen LogP contribution in [0.4, 0.5) is 5.69 Å². The van der Waals surface area contributed by atoms with E-state index in [0.717, 1.165) is 28.1 Å². The van der Waals surface area contributed by atoms with Gasteiger partial charge in [-0.15, -0.1) is 0 Å². The van der Waals surface area contributed by atoms with Gasteiger partial charge in [0.15, 0.2) is 5.78 Å². The van der Waals surface area contributed by atoms with E-state index in [9.17, 15) is 9.59 Å². The molecule has 2 heterocycles. The molecule has 2 atom stereocenters. The van der Waals surface area contributed by atoms with Gasteiger partial charge < -0.3 is 9.47 Å². The zero-order valence-electron chi connectivity index (χ0n) is 16.8. The fourth-order valence-electron chi connectivity index (χ4n) is 4.08. The zero-order valence-corrected chi connectivity index (χ0v) is 16.8. The molecule has 144 valence electrons. The van der Waals surface area contributed by atoms with Crippen LogP contribution >= 0.6 is 0 Å². The molecule has 1 aliphatic heterocycles. The maximum Gasteiger partial charge on any atom is 0.227 e. The van der Waals surface area contributed by atoms with Crippen molar-refractivity contribution in [3.8, 4) is 0 Å². The number of carbonyl (C=O) groups is 2. The summed E-state index contributed by atoms with van der Waals surface area (Å²) in [4.78, 5) is 31.7. The summed E-state index contributed by atoms with van der Waals surface area (Å²) in [5.41, 5.74) is 5.07. The summed E-state index contributed by atoms with van der Waals surface area (Å²) in [5.74, 6) is 0.972.